The van der Waals surface area contributed by atoms with Crippen molar-refractivity contribution >= 4 is 23.0 Å². The number of benzene rings is 2. The van der Waals surface area contributed by atoms with Crippen LogP contribution >= 0.6 is 12.2 Å². The summed E-state index contributed by atoms with van der Waals surface area (Å²) >= 11 is 5.49. The molecule has 0 amide bonds. The first-order chi connectivity index (χ1) is 11.6. The largest absolute Gasteiger partial charge is 0.358 e. The Bertz CT molecular complexity index is 679. The fourth-order valence-corrected chi connectivity index (χ4v) is 3.62. The van der Waals surface area contributed by atoms with Gasteiger partial charge in [0.15, 0.2) is 5.11 Å². The number of anilines is 1. The minimum Gasteiger partial charge on any atom is -0.358 e. The number of nitrogens with one attached hydrogen (secondary N) is 2. The van der Waals surface area contributed by atoms with Crippen LogP contribution < -0.4 is 10.6 Å². The lowest BCUT2D eigenvalue weighted by Gasteiger charge is -2.18. The highest BCUT2D eigenvalue weighted by molar-refractivity contribution is 7.80. The van der Waals surface area contributed by atoms with Crippen LogP contribution in [-0.2, 0) is 6.54 Å². The monoisotopic (exact) mass is 339 g/mol. The van der Waals surface area contributed by atoms with Gasteiger partial charge in [0.05, 0.1) is 0 Å². The second-order valence-corrected chi connectivity index (χ2v) is 7.09. The SMILES string of the molecule is Cc1cc(C)cc(NC(=S)N[C@H]2CCN(Cc3ccccc3)C2)c1. The summed E-state index contributed by atoms with van der Waals surface area (Å²) in [6.07, 6.45) is 1.13. The van der Waals surface area contributed by atoms with E-state index in [0.717, 1.165) is 31.7 Å². The van der Waals surface area contributed by atoms with Gasteiger partial charge in [0.2, 0.25) is 0 Å². The number of hydrogen-bond donors (Lipinski definition) is 2. The summed E-state index contributed by atoms with van der Waals surface area (Å²) in [6.45, 7) is 7.36. The predicted molar refractivity (Wildman–Crippen MR) is 105 cm³/mol. The highest BCUT2D eigenvalue weighted by Gasteiger charge is 2.22. The molecule has 1 saturated heterocycles. The van der Waals surface area contributed by atoms with Crippen molar-refractivity contribution in [1.82, 2.24) is 10.2 Å². The molecule has 1 fully saturated rings. The first-order valence-electron chi connectivity index (χ1n) is 8.50. The van der Waals surface area contributed by atoms with Crippen molar-refractivity contribution in [2.24, 2.45) is 0 Å². The van der Waals surface area contributed by atoms with E-state index in [0.29, 0.717) is 11.2 Å². The molecule has 3 nitrogen and oxygen atoms in total. The summed E-state index contributed by atoms with van der Waals surface area (Å²) in [6, 6.07) is 17.5. The standard InChI is InChI=1S/C20H25N3S/c1-15-10-16(2)12-19(11-15)22-20(24)21-18-8-9-23(14-18)13-17-6-4-3-5-7-17/h3-7,10-12,18H,8-9,13-14H2,1-2H3,(H2,21,22,24)/t18-/m0/s1. The van der Waals surface area contributed by atoms with Crippen molar-refractivity contribution in [3.05, 3.63) is 65.2 Å². The highest BCUT2D eigenvalue weighted by atomic mass is 32.1. The Morgan fingerprint density at radius 1 is 1.12 bits per heavy atom. The van der Waals surface area contributed by atoms with Crippen LogP contribution in [0, 0.1) is 13.8 Å². The van der Waals surface area contributed by atoms with Gasteiger partial charge in [-0.15, -0.1) is 0 Å². The van der Waals surface area contributed by atoms with Gasteiger partial charge < -0.3 is 10.6 Å². The lowest BCUT2D eigenvalue weighted by atomic mass is 10.1. The molecule has 1 aliphatic rings. The number of likely N-dealkylation sites (tertiary alicyclic amines) is 1. The maximum absolute atomic E-state index is 5.49. The average molecular weight is 340 g/mol. The molecule has 1 atom stereocenters. The Morgan fingerprint density at radius 2 is 1.83 bits per heavy atom. The molecule has 0 aliphatic carbocycles. The average Bonchev–Trinajstić information content (AvgIpc) is 2.94. The fraction of sp³-hybridized carbons (Fsp3) is 0.350. The highest BCUT2D eigenvalue weighted by Crippen LogP contribution is 2.15. The van der Waals surface area contributed by atoms with E-state index in [9.17, 15) is 0 Å². The molecular formula is C20H25N3S. The Hall–Kier alpha value is -1.91. The number of nitrogens with zero attached hydrogens (tertiary/aromatic N) is 1. The normalized spacial score (nSPS) is 17.7. The van der Waals surface area contributed by atoms with Crippen molar-refractivity contribution in [2.75, 3.05) is 18.4 Å². The van der Waals surface area contributed by atoms with E-state index in [-0.39, 0.29) is 0 Å². The lowest BCUT2D eigenvalue weighted by molar-refractivity contribution is 0.324. The Morgan fingerprint density at radius 3 is 2.54 bits per heavy atom. The topological polar surface area (TPSA) is 27.3 Å². The smallest absolute Gasteiger partial charge is 0.171 e. The lowest BCUT2D eigenvalue weighted by Crippen LogP contribution is -2.39. The van der Waals surface area contributed by atoms with Crippen LogP contribution in [0.15, 0.2) is 48.5 Å². The van der Waals surface area contributed by atoms with E-state index >= 15 is 0 Å². The number of rotatable bonds is 4. The maximum atomic E-state index is 5.49. The van der Waals surface area contributed by atoms with Gasteiger partial charge in [-0.3, -0.25) is 4.90 Å². The van der Waals surface area contributed by atoms with Gasteiger partial charge in [-0.1, -0.05) is 36.4 Å². The summed E-state index contributed by atoms with van der Waals surface area (Å²) in [4.78, 5) is 2.48. The summed E-state index contributed by atoms with van der Waals surface area (Å²) in [5.41, 5.74) is 4.92. The van der Waals surface area contributed by atoms with Crippen LogP contribution in [0.5, 0.6) is 0 Å². The first-order valence-corrected chi connectivity index (χ1v) is 8.91. The van der Waals surface area contributed by atoms with Crippen molar-refractivity contribution in [1.29, 1.82) is 0 Å². The quantitative estimate of drug-likeness (QED) is 0.827. The molecule has 0 bridgehead atoms. The summed E-state index contributed by atoms with van der Waals surface area (Å²) < 4.78 is 0. The predicted octanol–water partition coefficient (Wildman–Crippen LogP) is 3.86. The maximum Gasteiger partial charge on any atom is 0.171 e. The van der Waals surface area contributed by atoms with Gasteiger partial charge in [-0.2, -0.15) is 0 Å². The molecule has 1 heterocycles. The fourth-order valence-electron chi connectivity index (χ4n) is 3.34. The molecule has 0 saturated carbocycles. The molecule has 0 spiro atoms. The van der Waals surface area contributed by atoms with Gasteiger partial charge in [0, 0.05) is 31.4 Å². The third kappa shape index (κ3) is 4.79. The van der Waals surface area contributed by atoms with Gasteiger partial charge in [0.25, 0.3) is 0 Å². The van der Waals surface area contributed by atoms with Crippen LogP contribution in [0.3, 0.4) is 0 Å². The van der Waals surface area contributed by atoms with Crippen molar-refractivity contribution in [3.63, 3.8) is 0 Å². The molecule has 0 radical (unpaired) electrons. The number of thiocarbonyl (C=S) groups is 1. The van der Waals surface area contributed by atoms with Crippen molar-refractivity contribution < 1.29 is 0 Å². The zero-order valence-corrected chi connectivity index (χ0v) is 15.2. The van der Waals surface area contributed by atoms with Crippen molar-refractivity contribution in [3.8, 4) is 0 Å². The van der Waals surface area contributed by atoms with E-state index in [1.807, 2.05) is 0 Å². The third-order valence-electron chi connectivity index (χ3n) is 4.34. The van der Waals surface area contributed by atoms with Gasteiger partial charge in [-0.05, 0) is 61.3 Å². The minimum absolute atomic E-state index is 0.416. The van der Waals surface area contributed by atoms with Gasteiger partial charge in [-0.25, -0.2) is 0 Å². The van der Waals surface area contributed by atoms with Crippen LogP contribution in [0.2, 0.25) is 0 Å². The molecule has 2 N–H and O–H groups in total. The van der Waals surface area contributed by atoms with E-state index in [1.165, 1.54) is 16.7 Å². The molecule has 2 aromatic carbocycles. The molecule has 2 aromatic rings. The van der Waals surface area contributed by atoms with Gasteiger partial charge >= 0.3 is 0 Å². The van der Waals surface area contributed by atoms with E-state index < -0.39 is 0 Å². The van der Waals surface area contributed by atoms with E-state index in [2.05, 4.69) is 77.9 Å². The number of hydrogen-bond acceptors (Lipinski definition) is 2. The molecule has 1 aliphatic heterocycles. The molecule has 3 rings (SSSR count). The Labute approximate surface area is 150 Å². The van der Waals surface area contributed by atoms with E-state index in [1.54, 1.807) is 0 Å². The van der Waals surface area contributed by atoms with Crippen LogP contribution in [-0.4, -0.2) is 29.1 Å². The Kier molecular flexibility index (Phi) is 5.48. The zero-order valence-electron chi connectivity index (χ0n) is 14.4. The molecule has 24 heavy (non-hydrogen) atoms. The third-order valence-corrected chi connectivity index (χ3v) is 4.56. The summed E-state index contributed by atoms with van der Waals surface area (Å²) in [5.74, 6) is 0. The summed E-state index contributed by atoms with van der Waals surface area (Å²) in [7, 11) is 0. The van der Waals surface area contributed by atoms with Crippen LogP contribution in [0.4, 0.5) is 5.69 Å². The van der Waals surface area contributed by atoms with Crippen molar-refractivity contribution in [2.45, 2.75) is 32.9 Å². The first kappa shape index (κ1) is 16.9. The minimum atomic E-state index is 0.416. The van der Waals surface area contributed by atoms with Crippen LogP contribution in [0.25, 0.3) is 0 Å². The van der Waals surface area contributed by atoms with Crippen LogP contribution in [0.1, 0.15) is 23.1 Å². The summed E-state index contributed by atoms with van der Waals surface area (Å²) in [5, 5.41) is 7.49. The molecule has 4 heteroatoms. The molecular weight excluding hydrogens is 314 g/mol. The molecule has 0 aromatic heterocycles. The number of aryl methyl sites for hydroxylation is 2. The zero-order chi connectivity index (χ0) is 16.9. The molecule has 126 valence electrons. The van der Waals surface area contributed by atoms with Gasteiger partial charge in [0.1, 0.15) is 0 Å². The molecule has 0 unspecified atom stereocenters. The Balaban J connectivity index is 1.49. The second-order valence-electron chi connectivity index (χ2n) is 6.68. The second kappa shape index (κ2) is 7.77. The van der Waals surface area contributed by atoms with E-state index in [4.69, 9.17) is 12.2 Å².